The van der Waals surface area contributed by atoms with Gasteiger partial charge in [-0.05, 0) is 34.7 Å². The molecule has 170 valence electrons. The van der Waals surface area contributed by atoms with Crippen molar-refractivity contribution >= 4 is 12.0 Å². The first kappa shape index (κ1) is 22.4. The Labute approximate surface area is 191 Å². The molecule has 1 aliphatic carbocycles. The van der Waals surface area contributed by atoms with Crippen LogP contribution < -0.4 is 11.1 Å². The number of nitrogens with zero attached hydrogens (tertiary/aromatic N) is 1. The van der Waals surface area contributed by atoms with Crippen molar-refractivity contribution < 1.29 is 24.5 Å². The summed E-state index contributed by atoms with van der Waals surface area (Å²) in [6.07, 6.45) is -0.351. The Kier molecular flexibility index (Phi) is 6.67. The van der Waals surface area contributed by atoms with Gasteiger partial charge in [0.15, 0.2) is 0 Å². The monoisotopic (exact) mass is 447 g/mol. The summed E-state index contributed by atoms with van der Waals surface area (Å²) in [6.45, 7) is 0.286. The van der Waals surface area contributed by atoms with E-state index < -0.39 is 24.2 Å². The second-order valence-corrected chi connectivity index (χ2v) is 7.92. The molecule has 0 fully saturated rings. The number of nitrogens with one attached hydrogen (secondary N) is 1. The van der Waals surface area contributed by atoms with Crippen LogP contribution in [0.5, 0.6) is 0 Å². The quantitative estimate of drug-likeness (QED) is 0.419. The molecule has 0 aliphatic heterocycles. The van der Waals surface area contributed by atoms with Gasteiger partial charge in [-0.25, -0.2) is 4.79 Å². The number of amides is 2. The first-order valence-electron chi connectivity index (χ1n) is 10.7. The molecule has 1 heterocycles. The highest BCUT2D eigenvalue weighted by atomic mass is 16.5. The van der Waals surface area contributed by atoms with E-state index in [1.165, 1.54) is 18.5 Å². The normalized spacial score (nSPS) is 14.1. The minimum atomic E-state index is -1.28. The molecule has 0 spiro atoms. The summed E-state index contributed by atoms with van der Waals surface area (Å²) < 4.78 is 5.45. The van der Waals surface area contributed by atoms with Crippen LogP contribution in [0.25, 0.3) is 11.1 Å². The maximum absolute atomic E-state index is 12.2. The lowest BCUT2D eigenvalue weighted by Crippen LogP contribution is -2.30. The zero-order valence-electron chi connectivity index (χ0n) is 17.8. The molecule has 4 rings (SSSR count). The van der Waals surface area contributed by atoms with Crippen molar-refractivity contribution in [1.82, 2.24) is 10.3 Å². The maximum Gasteiger partial charge on any atom is 0.407 e. The average molecular weight is 447 g/mol. The van der Waals surface area contributed by atoms with Gasteiger partial charge in [-0.3, -0.25) is 9.78 Å². The zero-order chi connectivity index (χ0) is 23.4. The molecule has 0 saturated heterocycles. The lowest BCUT2D eigenvalue weighted by Gasteiger charge is -2.19. The van der Waals surface area contributed by atoms with E-state index in [1.807, 2.05) is 36.4 Å². The molecule has 1 aromatic heterocycles. The van der Waals surface area contributed by atoms with E-state index in [0.29, 0.717) is 0 Å². The Morgan fingerprint density at radius 3 is 2.30 bits per heavy atom. The summed E-state index contributed by atoms with van der Waals surface area (Å²) in [5, 5.41) is 23.2. The average Bonchev–Trinajstić information content (AvgIpc) is 3.16. The van der Waals surface area contributed by atoms with Gasteiger partial charge < -0.3 is 26.0 Å². The lowest BCUT2D eigenvalue weighted by atomic mass is 9.98. The van der Waals surface area contributed by atoms with E-state index >= 15 is 0 Å². The molecule has 0 saturated carbocycles. The predicted octanol–water partition coefficient (Wildman–Crippen LogP) is 2.50. The van der Waals surface area contributed by atoms with Crippen LogP contribution in [0.3, 0.4) is 0 Å². The van der Waals surface area contributed by atoms with Gasteiger partial charge in [-0.15, -0.1) is 0 Å². The number of ether oxygens (including phenoxy) is 1. The van der Waals surface area contributed by atoms with E-state index in [1.54, 1.807) is 0 Å². The number of nitrogens with two attached hydrogens (primary N) is 1. The van der Waals surface area contributed by atoms with Gasteiger partial charge in [0.1, 0.15) is 12.7 Å². The fourth-order valence-corrected chi connectivity index (χ4v) is 4.11. The second kappa shape index (κ2) is 9.81. The highest BCUT2D eigenvalue weighted by Crippen LogP contribution is 2.44. The topological polar surface area (TPSA) is 135 Å². The van der Waals surface area contributed by atoms with Crippen molar-refractivity contribution in [3.63, 3.8) is 0 Å². The molecule has 5 N–H and O–H groups in total. The first-order valence-corrected chi connectivity index (χ1v) is 10.7. The minimum Gasteiger partial charge on any atom is -0.449 e. The standard InChI is InChI=1S/C25H25N3O5/c26-24(31)16-11-15(12-27-13-16)23(30)22(29)9-10-28-25(32)33-14-21-19-7-3-1-5-17(19)18-6-2-4-8-20(18)21/h1-8,11-13,21-23,29-30H,9-10,14H2,(H2,26,31)(H,28,32). The number of rotatable bonds is 8. The SMILES string of the molecule is NC(=O)c1cncc(C(O)C(O)CCNC(=O)OCC2c3ccccc3-c3ccccc32)c1. The maximum atomic E-state index is 12.2. The van der Waals surface area contributed by atoms with Gasteiger partial charge in [-0.1, -0.05) is 48.5 Å². The van der Waals surface area contributed by atoms with Crippen LogP contribution in [-0.4, -0.2) is 46.5 Å². The van der Waals surface area contributed by atoms with Crippen molar-refractivity contribution in [2.24, 2.45) is 5.73 Å². The minimum absolute atomic E-state index is 0.0411. The summed E-state index contributed by atoms with van der Waals surface area (Å²) >= 11 is 0. The molecule has 0 radical (unpaired) electrons. The van der Waals surface area contributed by atoms with E-state index in [2.05, 4.69) is 22.4 Å². The van der Waals surface area contributed by atoms with Crippen LogP contribution in [0.15, 0.2) is 67.0 Å². The molecule has 2 amide bonds. The lowest BCUT2D eigenvalue weighted by molar-refractivity contribution is 0.0134. The van der Waals surface area contributed by atoms with Crippen LogP contribution in [0, 0.1) is 0 Å². The molecule has 8 heteroatoms. The van der Waals surface area contributed by atoms with Crippen LogP contribution in [0.4, 0.5) is 4.79 Å². The predicted molar refractivity (Wildman–Crippen MR) is 121 cm³/mol. The molecule has 33 heavy (non-hydrogen) atoms. The van der Waals surface area contributed by atoms with Crippen LogP contribution >= 0.6 is 0 Å². The first-order chi connectivity index (χ1) is 16.0. The number of aliphatic hydroxyl groups is 2. The zero-order valence-corrected chi connectivity index (χ0v) is 17.8. The molecular weight excluding hydrogens is 422 g/mol. The third-order valence-corrected chi connectivity index (χ3v) is 5.80. The van der Waals surface area contributed by atoms with Crippen molar-refractivity contribution in [3.05, 3.63) is 89.2 Å². The summed E-state index contributed by atoms with van der Waals surface area (Å²) in [4.78, 5) is 27.3. The van der Waals surface area contributed by atoms with Crippen LogP contribution in [0.2, 0.25) is 0 Å². The number of aromatic nitrogens is 1. The molecule has 8 nitrogen and oxygen atoms in total. The Morgan fingerprint density at radius 1 is 1.03 bits per heavy atom. The number of pyridine rings is 1. The molecule has 2 unspecified atom stereocenters. The largest absolute Gasteiger partial charge is 0.449 e. The van der Waals surface area contributed by atoms with Crippen molar-refractivity contribution in [2.45, 2.75) is 24.5 Å². The molecule has 2 aromatic carbocycles. The summed E-state index contributed by atoms with van der Waals surface area (Å²) in [6, 6.07) is 17.5. The number of primary amides is 1. The summed E-state index contributed by atoms with van der Waals surface area (Å²) in [5.74, 6) is -0.719. The number of carbonyl (C=O) groups excluding carboxylic acids is 2. The molecule has 1 aliphatic rings. The van der Waals surface area contributed by atoms with Gasteiger partial charge in [-0.2, -0.15) is 0 Å². The van der Waals surface area contributed by atoms with Gasteiger partial charge in [0, 0.05) is 30.4 Å². The van der Waals surface area contributed by atoms with Gasteiger partial charge in [0.2, 0.25) is 5.91 Å². The van der Waals surface area contributed by atoms with Crippen LogP contribution in [-0.2, 0) is 4.74 Å². The second-order valence-electron chi connectivity index (χ2n) is 7.92. The fraction of sp³-hybridized carbons (Fsp3) is 0.240. The molecule has 3 aromatic rings. The van der Waals surface area contributed by atoms with E-state index in [9.17, 15) is 19.8 Å². The number of aliphatic hydroxyl groups excluding tert-OH is 2. The number of benzene rings is 2. The third-order valence-electron chi connectivity index (χ3n) is 5.80. The highest BCUT2D eigenvalue weighted by Gasteiger charge is 2.29. The van der Waals surface area contributed by atoms with Gasteiger partial charge in [0.25, 0.3) is 0 Å². The molecular formula is C25H25N3O5. The Bertz CT molecular complexity index is 1120. The van der Waals surface area contributed by atoms with Crippen molar-refractivity contribution in [1.29, 1.82) is 0 Å². The highest BCUT2D eigenvalue weighted by molar-refractivity contribution is 5.92. The Balaban J connectivity index is 1.28. The number of fused-ring (bicyclic) bond motifs is 3. The summed E-state index contributed by atoms with van der Waals surface area (Å²) in [5.41, 5.74) is 10.2. The van der Waals surface area contributed by atoms with E-state index in [4.69, 9.17) is 10.5 Å². The fourth-order valence-electron chi connectivity index (χ4n) is 4.11. The van der Waals surface area contributed by atoms with Gasteiger partial charge >= 0.3 is 6.09 Å². The number of alkyl carbamates (subject to hydrolysis) is 1. The Hall–Kier alpha value is -3.75. The van der Waals surface area contributed by atoms with Crippen molar-refractivity contribution in [3.8, 4) is 11.1 Å². The van der Waals surface area contributed by atoms with E-state index in [0.717, 1.165) is 22.3 Å². The summed E-state index contributed by atoms with van der Waals surface area (Å²) in [7, 11) is 0. The number of hydrogen-bond donors (Lipinski definition) is 4. The Morgan fingerprint density at radius 2 is 1.67 bits per heavy atom. The molecule has 0 bridgehead atoms. The number of carbonyl (C=O) groups is 2. The van der Waals surface area contributed by atoms with Gasteiger partial charge in [0.05, 0.1) is 11.7 Å². The molecule has 2 atom stereocenters. The van der Waals surface area contributed by atoms with Crippen molar-refractivity contribution in [2.75, 3.05) is 13.2 Å². The smallest absolute Gasteiger partial charge is 0.407 e. The van der Waals surface area contributed by atoms with E-state index in [-0.39, 0.29) is 36.6 Å². The van der Waals surface area contributed by atoms with Crippen LogP contribution in [0.1, 0.15) is 45.5 Å². The number of hydrogen-bond acceptors (Lipinski definition) is 6. The third kappa shape index (κ3) is 4.87.